The lowest BCUT2D eigenvalue weighted by Crippen LogP contribution is -2.53. The molecule has 0 bridgehead atoms. The summed E-state index contributed by atoms with van der Waals surface area (Å²) in [7, 11) is 0. The van der Waals surface area contributed by atoms with Crippen LogP contribution in [0.5, 0.6) is 0 Å². The van der Waals surface area contributed by atoms with Crippen LogP contribution >= 0.6 is 0 Å². The van der Waals surface area contributed by atoms with E-state index in [1.165, 1.54) is 0 Å². The summed E-state index contributed by atoms with van der Waals surface area (Å²) in [5.74, 6) is -0.0893. The quantitative estimate of drug-likeness (QED) is 0.646. The molecule has 5 atom stereocenters. The monoisotopic (exact) mass is 202 g/mol. The summed E-state index contributed by atoms with van der Waals surface area (Å²) in [4.78, 5) is 0. The topological polar surface area (TPSA) is 58.9 Å². The highest BCUT2D eigenvalue weighted by molar-refractivity contribution is 4.85. The fourth-order valence-electron chi connectivity index (χ4n) is 1.47. The molecule has 2 N–H and O–H groups in total. The zero-order chi connectivity index (χ0) is 10.7. The molecule has 1 fully saturated rings. The molecule has 1 aliphatic heterocycles. The third-order valence-corrected chi connectivity index (χ3v) is 2.64. The standard InChI is InChI=1S/C10H18O4/c1-4-5-13-10-9(12)8(11)6(2)7(3)14-10/h4,6-12H,1,5H2,2-3H3/t6-,7?,8+,9+,10?/m0/s1. The van der Waals surface area contributed by atoms with Crippen LogP contribution in [0, 0.1) is 5.92 Å². The molecule has 0 saturated carbocycles. The second-order valence-corrected chi connectivity index (χ2v) is 3.67. The van der Waals surface area contributed by atoms with Crippen LogP contribution in [0.25, 0.3) is 0 Å². The van der Waals surface area contributed by atoms with Crippen molar-refractivity contribution in [3.8, 4) is 0 Å². The lowest BCUT2D eigenvalue weighted by atomic mass is 9.92. The van der Waals surface area contributed by atoms with E-state index in [-0.39, 0.29) is 12.0 Å². The fourth-order valence-corrected chi connectivity index (χ4v) is 1.47. The SMILES string of the molecule is C=CCOC1OC(C)[C@H](C)[C@@H](O)[C@H]1O. The van der Waals surface area contributed by atoms with Crippen LogP contribution in [0.1, 0.15) is 13.8 Å². The van der Waals surface area contributed by atoms with Crippen LogP contribution in [-0.4, -0.2) is 41.4 Å². The highest BCUT2D eigenvalue weighted by Crippen LogP contribution is 2.26. The zero-order valence-corrected chi connectivity index (χ0v) is 8.59. The van der Waals surface area contributed by atoms with Crippen molar-refractivity contribution in [3.63, 3.8) is 0 Å². The van der Waals surface area contributed by atoms with Crippen molar-refractivity contribution in [2.24, 2.45) is 5.92 Å². The van der Waals surface area contributed by atoms with Gasteiger partial charge in [-0.25, -0.2) is 0 Å². The van der Waals surface area contributed by atoms with Gasteiger partial charge in [-0.15, -0.1) is 6.58 Å². The first-order valence-electron chi connectivity index (χ1n) is 4.82. The summed E-state index contributed by atoms with van der Waals surface area (Å²) in [5.41, 5.74) is 0. The lowest BCUT2D eigenvalue weighted by molar-refractivity contribution is -0.276. The van der Waals surface area contributed by atoms with Crippen LogP contribution in [0.15, 0.2) is 12.7 Å². The minimum Gasteiger partial charge on any atom is -0.390 e. The van der Waals surface area contributed by atoms with E-state index >= 15 is 0 Å². The Morgan fingerprint density at radius 3 is 2.57 bits per heavy atom. The Bertz CT molecular complexity index is 195. The summed E-state index contributed by atoms with van der Waals surface area (Å²) in [6.45, 7) is 7.49. The molecule has 1 aliphatic rings. The van der Waals surface area contributed by atoms with Crippen molar-refractivity contribution in [2.45, 2.75) is 38.4 Å². The molecule has 2 unspecified atom stereocenters. The van der Waals surface area contributed by atoms with E-state index in [4.69, 9.17) is 9.47 Å². The van der Waals surface area contributed by atoms with Crippen molar-refractivity contribution in [3.05, 3.63) is 12.7 Å². The van der Waals surface area contributed by atoms with Crippen molar-refractivity contribution < 1.29 is 19.7 Å². The van der Waals surface area contributed by atoms with E-state index in [9.17, 15) is 10.2 Å². The van der Waals surface area contributed by atoms with Gasteiger partial charge in [-0.05, 0) is 6.92 Å². The first-order valence-corrected chi connectivity index (χ1v) is 4.82. The molecule has 0 aliphatic carbocycles. The van der Waals surface area contributed by atoms with Crippen LogP contribution in [0.2, 0.25) is 0 Å². The van der Waals surface area contributed by atoms with Crippen molar-refractivity contribution in [2.75, 3.05) is 6.61 Å². The lowest BCUT2D eigenvalue weighted by Gasteiger charge is -2.39. The smallest absolute Gasteiger partial charge is 0.186 e. The summed E-state index contributed by atoms with van der Waals surface area (Å²) < 4.78 is 10.6. The molecule has 14 heavy (non-hydrogen) atoms. The molecular weight excluding hydrogens is 184 g/mol. The van der Waals surface area contributed by atoms with Gasteiger partial charge in [0, 0.05) is 5.92 Å². The molecular formula is C10H18O4. The van der Waals surface area contributed by atoms with Crippen LogP contribution in [-0.2, 0) is 9.47 Å². The molecule has 1 saturated heterocycles. The van der Waals surface area contributed by atoms with Gasteiger partial charge >= 0.3 is 0 Å². The van der Waals surface area contributed by atoms with Crippen molar-refractivity contribution >= 4 is 0 Å². The maximum Gasteiger partial charge on any atom is 0.186 e. The predicted octanol–water partition coefficient (Wildman–Crippen LogP) is 0.292. The number of aliphatic hydroxyl groups is 2. The molecule has 4 nitrogen and oxygen atoms in total. The Morgan fingerprint density at radius 1 is 1.36 bits per heavy atom. The average molecular weight is 202 g/mol. The molecule has 4 heteroatoms. The second-order valence-electron chi connectivity index (χ2n) is 3.67. The van der Waals surface area contributed by atoms with Gasteiger partial charge in [0.05, 0.1) is 18.8 Å². The van der Waals surface area contributed by atoms with Gasteiger partial charge in [-0.1, -0.05) is 13.0 Å². The molecule has 0 aromatic rings. The molecule has 0 aromatic carbocycles. The van der Waals surface area contributed by atoms with Crippen LogP contribution < -0.4 is 0 Å². The van der Waals surface area contributed by atoms with Gasteiger partial charge < -0.3 is 19.7 Å². The highest BCUT2D eigenvalue weighted by Gasteiger charge is 2.40. The Morgan fingerprint density at radius 2 is 2.00 bits per heavy atom. The number of aliphatic hydroxyl groups excluding tert-OH is 2. The normalized spacial score (nSPS) is 43.6. The maximum atomic E-state index is 9.65. The van der Waals surface area contributed by atoms with Gasteiger partial charge in [-0.2, -0.15) is 0 Å². The van der Waals surface area contributed by atoms with Crippen LogP contribution in [0.4, 0.5) is 0 Å². The third kappa shape index (κ3) is 2.33. The minimum absolute atomic E-state index is 0.0893. The largest absolute Gasteiger partial charge is 0.390 e. The van der Waals surface area contributed by atoms with Gasteiger partial charge in [0.1, 0.15) is 6.10 Å². The number of ether oxygens (including phenoxy) is 2. The number of hydrogen-bond donors (Lipinski definition) is 2. The Labute approximate surface area is 84.1 Å². The predicted molar refractivity (Wildman–Crippen MR) is 51.7 cm³/mol. The third-order valence-electron chi connectivity index (χ3n) is 2.64. The minimum atomic E-state index is -0.985. The summed E-state index contributed by atoms with van der Waals surface area (Å²) in [6.07, 6.45) is -1.09. The van der Waals surface area contributed by atoms with Gasteiger partial charge in [0.15, 0.2) is 6.29 Å². The first kappa shape index (κ1) is 11.7. The van der Waals surface area contributed by atoms with E-state index in [1.54, 1.807) is 6.08 Å². The van der Waals surface area contributed by atoms with Crippen molar-refractivity contribution in [1.29, 1.82) is 0 Å². The van der Waals surface area contributed by atoms with Gasteiger partial charge in [-0.3, -0.25) is 0 Å². The maximum absolute atomic E-state index is 9.65. The van der Waals surface area contributed by atoms with E-state index in [1.807, 2.05) is 13.8 Å². The van der Waals surface area contributed by atoms with Crippen LogP contribution in [0.3, 0.4) is 0 Å². The summed E-state index contributed by atoms with van der Waals surface area (Å²) in [5, 5.41) is 19.3. The molecule has 1 heterocycles. The first-order chi connectivity index (χ1) is 6.57. The zero-order valence-electron chi connectivity index (χ0n) is 8.59. The molecule has 0 amide bonds. The van der Waals surface area contributed by atoms with Crippen molar-refractivity contribution in [1.82, 2.24) is 0 Å². The molecule has 0 aromatic heterocycles. The second kappa shape index (κ2) is 4.89. The summed E-state index contributed by atoms with van der Waals surface area (Å²) >= 11 is 0. The Kier molecular flexibility index (Phi) is 4.07. The molecule has 1 rings (SSSR count). The highest BCUT2D eigenvalue weighted by atomic mass is 16.7. The Balaban J connectivity index is 2.55. The van der Waals surface area contributed by atoms with Gasteiger partial charge in [0.2, 0.25) is 0 Å². The molecule has 82 valence electrons. The van der Waals surface area contributed by atoms with Gasteiger partial charge in [0.25, 0.3) is 0 Å². The Hall–Kier alpha value is -0.420. The van der Waals surface area contributed by atoms with E-state index in [0.29, 0.717) is 6.61 Å². The van der Waals surface area contributed by atoms with E-state index in [2.05, 4.69) is 6.58 Å². The molecule has 0 radical (unpaired) electrons. The summed E-state index contributed by atoms with van der Waals surface area (Å²) in [6, 6.07) is 0. The van der Waals surface area contributed by atoms with E-state index in [0.717, 1.165) is 0 Å². The fraction of sp³-hybridized carbons (Fsp3) is 0.800. The molecule has 0 spiro atoms. The average Bonchev–Trinajstić information content (AvgIpc) is 2.18. The number of rotatable bonds is 3. The number of hydrogen-bond acceptors (Lipinski definition) is 4. The van der Waals surface area contributed by atoms with E-state index < -0.39 is 18.5 Å².